The van der Waals surface area contributed by atoms with E-state index < -0.39 is 4.92 Å². The van der Waals surface area contributed by atoms with E-state index in [0.717, 1.165) is 15.6 Å². The fourth-order valence-electron chi connectivity index (χ4n) is 3.19. The maximum Gasteiger partial charge on any atom is 0.270 e. The van der Waals surface area contributed by atoms with Crippen LogP contribution in [0.1, 0.15) is 27.0 Å². The summed E-state index contributed by atoms with van der Waals surface area (Å²) in [5, 5.41) is 11.0. The number of allylic oxidation sites excluding steroid dienone is 1. The van der Waals surface area contributed by atoms with Crippen molar-refractivity contribution in [3.63, 3.8) is 0 Å². The number of hydrogen-bond donors (Lipinski definition) is 0. The number of fused-ring (bicyclic) bond motifs is 1. The van der Waals surface area contributed by atoms with Gasteiger partial charge in [0.15, 0.2) is 5.76 Å². The van der Waals surface area contributed by atoms with E-state index in [1.165, 1.54) is 18.2 Å². The predicted molar refractivity (Wildman–Crippen MR) is 116 cm³/mol. The van der Waals surface area contributed by atoms with Crippen LogP contribution in [0, 0.1) is 17.0 Å². The summed E-state index contributed by atoms with van der Waals surface area (Å²) in [4.78, 5) is 23.3. The smallest absolute Gasteiger partial charge is 0.270 e. The second kappa shape index (κ2) is 8.12. The van der Waals surface area contributed by atoms with E-state index in [-0.39, 0.29) is 17.2 Å². The molecule has 0 fully saturated rings. The third-order valence-corrected chi connectivity index (χ3v) is 5.17. The molecule has 6 nitrogen and oxygen atoms in total. The standard InChI is InChI=1S/C23H16BrNO5/c1-14-9-19(29-13-15-5-7-17(24)8-6-15)12-20-22(14)23(26)21(30-20)11-16-3-2-4-18(10-16)25(27)28/h2-12H,13H2,1H3/b21-11-. The number of ether oxygens (including phenoxy) is 2. The average molecular weight is 466 g/mol. The molecule has 0 N–H and O–H groups in total. The average Bonchev–Trinajstić information content (AvgIpc) is 3.03. The number of ketones is 1. The highest BCUT2D eigenvalue weighted by Gasteiger charge is 2.30. The second-order valence-corrected chi connectivity index (χ2v) is 7.74. The van der Waals surface area contributed by atoms with Crippen molar-refractivity contribution in [1.82, 2.24) is 0 Å². The van der Waals surface area contributed by atoms with Gasteiger partial charge in [0.1, 0.15) is 18.1 Å². The first kappa shape index (κ1) is 19.8. The summed E-state index contributed by atoms with van der Waals surface area (Å²) in [6.45, 7) is 2.21. The van der Waals surface area contributed by atoms with Crippen LogP contribution in [0.2, 0.25) is 0 Å². The molecule has 1 aliphatic rings. The van der Waals surface area contributed by atoms with Crippen molar-refractivity contribution in [1.29, 1.82) is 0 Å². The maximum atomic E-state index is 12.8. The SMILES string of the molecule is Cc1cc(OCc2ccc(Br)cc2)cc2c1C(=O)/C(=C/c1cccc([N+](=O)[O-])c1)O2. The van der Waals surface area contributed by atoms with Gasteiger partial charge in [-0.3, -0.25) is 14.9 Å². The molecule has 3 aromatic rings. The minimum absolute atomic E-state index is 0.0490. The Labute approximate surface area is 181 Å². The Hall–Kier alpha value is -3.45. The van der Waals surface area contributed by atoms with Gasteiger partial charge in [-0.25, -0.2) is 0 Å². The summed E-state index contributed by atoms with van der Waals surface area (Å²) in [7, 11) is 0. The Morgan fingerprint density at radius 1 is 1.13 bits per heavy atom. The van der Waals surface area contributed by atoms with Crippen molar-refractivity contribution < 1.29 is 19.2 Å². The van der Waals surface area contributed by atoms with Gasteiger partial charge in [0, 0.05) is 22.7 Å². The molecule has 0 unspecified atom stereocenters. The zero-order valence-electron chi connectivity index (χ0n) is 15.9. The monoisotopic (exact) mass is 465 g/mol. The Balaban J connectivity index is 1.56. The van der Waals surface area contributed by atoms with E-state index in [4.69, 9.17) is 9.47 Å². The molecule has 30 heavy (non-hydrogen) atoms. The van der Waals surface area contributed by atoms with Crippen LogP contribution < -0.4 is 9.47 Å². The zero-order valence-corrected chi connectivity index (χ0v) is 17.5. The number of aryl methyl sites for hydroxylation is 1. The lowest BCUT2D eigenvalue weighted by Gasteiger charge is -2.09. The molecule has 0 bridgehead atoms. The molecule has 150 valence electrons. The summed E-state index contributed by atoms with van der Waals surface area (Å²) < 4.78 is 12.6. The van der Waals surface area contributed by atoms with E-state index in [0.29, 0.717) is 29.2 Å². The zero-order chi connectivity index (χ0) is 21.3. The summed E-state index contributed by atoms with van der Waals surface area (Å²) in [5.74, 6) is 0.883. The highest BCUT2D eigenvalue weighted by atomic mass is 79.9. The summed E-state index contributed by atoms with van der Waals surface area (Å²) in [5.41, 5.74) is 2.70. The topological polar surface area (TPSA) is 78.7 Å². The van der Waals surface area contributed by atoms with Crippen molar-refractivity contribution in [2.45, 2.75) is 13.5 Å². The number of Topliss-reactive ketones (excluding diaryl/α,β-unsaturated/α-hetero) is 1. The first-order valence-corrected chi connectivity index (χ1v) is 9.90. The van der Waals surface area contributed by atoms with Crippen LogP contribution >= 0.6 is 15.9 Å². The normalized spacial score (nSPS) is 13.8. The van der Waals surface area contributed by atoms with Gasteiger partial charge in [-0.2, -0.15) is 0 Å². The number of benzene rings is 3. The van der Waals surface area contributed by atoms with Crippen molar-refractivity contribution in [3.05, 3.63) is 103 Å². The van der Waals surface area contributed by atoms with Crippen LogP contribution in [0.3, 0.4) is 0 Å². The molecular formula is C23H16BrNO5. The Morgan fingerprint density at radius 2 is 1.90 bits per heavy atom. The van der Waals surface area contributed by atoms with Crippen LogP contribution in [0.15, 0.2) is 70.9 Å². The number of halogens is 1. The molecule has 7 heteroatoms. The van der Waals surface area contributed by atoms with Crippen LogP contribution in [-0.2, 0) is 6.61 Å². The molecule has 0 amide bonds. The Morgan fingerprint density at radius 3 is 2.63 bits per heavy atom. The molecule has 0 spiro atoms. The number of non-ortho nitro benzene ring substituents is 1. The summed E-state index contributed by atoms with van der Waals surface area (Å²) >= 11 is 3.40. The molecule has 0 atom stereocenters. The van der Waals surface area contributed by atoms with Crippen molar-refractivity contribution in [2.24, 2.45) is 0 Å². The van der Waals surface area contributed by atoms with Crippen molar-refractivity contribution >= 4 is 33.5 Å². The number of nitrogens with zero attached hydrogens (tertiary/aromatic N) is 1. The molecule has 0 saturated carbocycles. The van der Waals surface area contributed by atoms with E-state index >= 15 is 0 Å². The number of carbonyl (C=O) groups excluding carboxylic acids is 1. The molecule has 1 aliphatic heterocycles. The van der Waals surface area contributed by atoms with Gasteiger partial charge in [0.25, 0.3) is 5.69 Å². The quantitative estimate of drug-likeness (QED) is 0.267. The minimum atomic E-state index is -0.479. The van der Waals surface area contributed by atoms with E-state index in [1.54, 1.807) is 24.3 Å². The lowest BCUT2D eigenvalue weighted by atomic mass is 10.0. The van der Waals surface area contributed by atoms with Crippen LogP contribution in [-0.4, -0.2) is 10.7 Å². The molecule has 0 aliphatic carbocycles. The van der Waals surface area contributed by atoms with Gasteiger partial charge in [-0.15, -0.1) is 0 Å². The van der Waals surface area contributed by atoms with Gasteiger partial charge >= 0.3 is 0 Å². The lowest BCUT2D eigenvalue weighted by molar-refractivity contribution is -0.384. The largest absolute Gasteiger partial charge is 0.489 e. The van der Waals surface area contributed by atoms with Gasteiger partial charge in [0.05, 0.1) is 10.5 Å². The van der Waals surface area contributed by atoms with Crippen molar-refractivity contribution in [2.75, 3.05) is 0 Å². The highest BCUT2D eigenvalue weighted by molar-refractivity contribution is 9.10. The molecule has 0 saturated heterocycles. The molecule has 0 radical (unpaired) electrons. The molecule has 4 rings (SSSR count). The van der Waals surface area contributed by atoms with Crippen molar-refractivity contribution in [3.8, 4) is 11.5 Å². The summed E-state index contributed by atoms with van der Waals surface area (Å²) in [6, 6.07) is 17.3. The fraction of sp³-hybridized carbons (Fsp3) is 0.0870. The number of carbonyl (C=O) groups is 1. The molecule has 0 aromatic heterocycles. The predicted octanol–water partition coefficient (Wildman–Crippen LogP) is 5.86. The minimum Gasteiger partial charge on any atom is -0.489 e. The van der Waals surface area contributed by atoms with Crippen LogP contribution in [0.25, 0.3) is 6.08 Å². The van der Waals surface area contributed by atoms with Crippen LogP contribution in [0.4, 0.5) is 5.69 Å². The highest BCUT2D eigenvalue weighted by Crippen LogP contribution is 2.38. The third kappa shape index (κ3) is 4.11. The fourth-order valence-corrected chi connectivity index (χ4v) is 3.45. The Bertz CT molecular complexity index is 1180. The van der Waals surface area contributed by atoms with E-state index in [2.05, 4.69) is 15.9 Å². The molecule has 3 aromatic carbocycles. The number of rotatable bonds is 5. The number of nitro benzene ring substituents is 1. The number of nitro groups is 1. The first-order chi connectivity index (χ1) is 14.4. The van der Waals surface area contributed by atoms with Gasteiger partial charge in [-0.1, -0.05) is 40.2 Å². The first-order valence-electron chi connectivity index (χ1n) is 9.11. The second-order valence-electron chi connectivity index (χ2n) is 6.82. The molecular weight excluding hydrogens is 450 g/mol. The van der Waals surface area contributed by atoms with E-state index in [1.807, 2.05) is 31.2 Å². The maximum absolute atomic E-state index is 12.8. The lowest BCUT2D eigenvalue weighted by Crippen LogP contribution is -2.00. The summed E-state index contributed by atoms with van der Waals surface area (Å²) in [6.07, 6.45) is 1.51. The molecule has 1 heterocycles. The van der Waals surface area contributed by atoms with Gasteiger partial charge in [-0.05, 0) is 47.9 Å². The third-order valence-electron chi connectivity index (χ3n) is 4.64. The van der Waals surface area contributed by atoms with Crippen LogP contribution in [0.5, 0.6) is 11.5 Å². The van der Waals surface area contributed by atoms with Gasteiger partial charge < -0.3 is 9.47 Å². The van der Waals surface area contributed by atoms with Gasteiger partial charge in [0.2, 0.25) is 5.78 Å². The number of hydrogen-bond acceptors (Lipinski definition) is 5. The Kier molecular flexibility index (Phi) is 5.37. The van der Waals surface area contributed by atoms with E-state index in [9.17, 15) is 14.9 Å².